The molecule has 0 saturated heterocycles. The number of halogens is 1. The van der Waals surface area contributed by atoms with Gasteiger partial charge in [0.05, 0.1) is 17.2 Å². The van der Waals surface area contributed by atoms with Crippen LogP contribution in [-0.4, -0.2) is 51.4 Å². The predicted octanol–water partition coefficient (Wildman–Crippen LogP) is 5.63. The van der Waals surface area contributed by atoms with Crippen LogP contribution in [0.4, 0.5) is 5.69 Å². The third-order valence-corrected chi connectivity index (χ3v) is 9.13. The molecule has 1 N–H and O–H groups in total. The van der Waals surface area contributed by atoms with Crippen molar-refractivity contribution in [2.24, 2.45) is 0 Å². The summed E-state index contributed by atoms with van der Waals surface area (Å²) in [7, 11) is -2.73. The lowest BCUT2D eigenvalue weighted by Gasteiger charge is -2.34. The highest BCUT2D eigenvalue weighted by Gasteiger charge is 2.35. The standard InChI is InChI=1S/C34H36ClN3O5S/c1-4-43-32-13-9-8-12-30(32)38(44(41,42)29-20-14-25(2)15-21-29)24-33(39)37(23-27-16-18-28(35)19-17-27)31(34(40)36-3)22-26-10-6-5-7-11-26/h5-21,31H,4,22-24H2,1-3H3,(H,36,40)/t31-/m1/s1. The van der Waals surface area contributed by atoms with E-state index in [0.29, 0.717) is 17.4 Å². The van der Waals surface area contributed by atoms with Crippen LogP contribution in [0.3, 0.4) is 0 Å². The summed E-state index contributed by atoms with van der Waals surface area (Å²) in [6.07, 6.45) is 0.222. The monoisotopic (exact) mass is 633 g/mol. The fourth-order valence-corrected chi connectivity index (χ4v) is 6.35. The lowest BCUT2D eigenvalue weighted by atomic mass is 10.0. The summed E-state index contributed by atoms with van der Waals surface area (Å²) in [5.41, 5.74) is 2.69. The van der Waals surface area contributed by atoms with Crippen LogP contribution in [0.15, 0.2) is 108 Å². The average Bonchev–Trinajstić information content (AvgIpc) is 3.03. The summed E-state index contributed by atoms with van der Waals surface area (Å²) in [5.74, 6) is -0.625. The number of aryl methyl sites for hydroxylation is 1. The van der Waals surface area contributed by atoms with E-state index in [-0.39, 0.29) is 29.5 Å². The van der Waals surface area contributed by atoms with Gasteiger partial charge in [-0.15, -0.1) is 0 Å². The van der Waals surface area contributed by atoms with Gasteiger partial charge in [0.25, 0.3) is 10.0 Å². The van der Waals surface area contributed by atoms with E-state index >= 15 is 0 Å². The number of amides is 2. The molecule has 0 saturated carbocycles. The largest absolute Gasteiger partial charge is 0.492 e. The zero-order valence-corrected chi connectivity index (χ0v) is 26.5. The third-order valence-electron chi connectivity index (χ3n) is 7.11. The molecule has 0 heterocycles. The number of sulfonamides is 1. The van der Waals surface area contributed by atoms with E-state index in [9.17, 15) is 18.0 Å². The van der Waals surface area contributed by atoms with Crippen LogP contribution < -0.4 is 14.4 Å². The molecule has 2 amide bonds. The van der Waals surface area contributed by atoms with Gasteiger partial charge in [0, 0.05) is 25.0 Å². The Balaban J connectivity index is 1.82. The number of para-hydroxylation sites is 2. The topological polar surface area (TPSA) is 96.0 Å². The fraction of sp³-hybridized carbons (Fsp3) is 0.235. The van der Waals surface area contributed by atoms with Gasteiger partial charge in [-0.3, -0.25) is 13.9 Å². The number of nitrogens with zero attached hydrogens (tertiary/aromatic N) is 2. The smallest absolute Gasteiger partial charge is 0.264 e. The Hall–Kier alpha value is -4.34. The average molecular weight is 634 g/mol. The van der Waals surface area contributed by atoms with Crippen LogP contribution in [0.25, 0.3) is 0 Å². The van der Waals surface area contributed by atoms with E-state index in [0.717, 1.165) is 21.0 Å². The van der Waals surface area contributed by atoms with Crippen molar-refractivity contribution in [2.75, 3.05) is 24.5 Å². The number of ether oxygens (including phenoxy) is 1. The molecule has 0 aromatic heterocycles. The van der Waals surface area contributed by atoms with E-state index in [1.165, 1.54) is 24.1 Å². The summed E-state index contributed by atoms with van der Waals surface area (Å²) in [6, 6.07) is 28.5. The van der Waals surface area contributed by atoms with Crippen molar-refractivity contribution >= 4 is 39.1 Å². The normalized spacial score (nSPS) is 11.8. The molecule has 0 fully saturated rings. The highest BCUT2D eigenvalue weighted by molar-refractivity contribution is 7.92. The third kappa shape index (κ3) is 7.98. The highest BCUT2D eigenvalue weighted by Crippen LogP contribution is 2.33. The van der Waals surface area contributed by atoms with Crippen LogP contribution in [0.2, 0.25) is 5.02 Å². The molecule has 44 heavy (non-hydrogen) atoms. The minimum absolute atomic E-state index is 0.0265. The molecule has 0 aliphatic rings. The fourth-order valence-electron chi connectivity index (χ4n) is 4.80. The van der Waals surface area contributed by atoms with E-state index in [1.54, 1.807) is 67.6 Å². The second-order valence-corrected chi connectivity index (χ2v) is 12.5. The van der Waals surface area contributed by atoms with Gasteiger partial charge >= 0.3 is 0 Å². The van der Waals surface area contributed by atoms with E-state index < -0.39 is 28.5 Å². The Morgan fingerprint density at radius 1 is 0.864 bits per heavy atom. The summed E-state index contributed by atoms with van der Waals surface area (Å²) in [4.78, 5) is 29.3. The number of hydrogen-bond donors (Lipinski definition) is 1. The van der Waals surface area contributed by atoms with Crippen LogP contribution >= 0.6 is 11.6 Å². The zero-order chi connectivity index (χ0) is 31.7. The molecule has 8 nitrogen and oxygen atoms in total. The van der Waals surface area contributed by atoms with Crippen molar-refractivity contribution in [3.63, 3.8) is 0 Å². The maximum Gasteiger partial charge on any atom is 0.264 e. The van der Waals surface area contributed by atoms with Crippen molar-refractivity contribution in [3.05, 3.63) is 125 Å². The maximum atomic E-state index is 14.4. The Bertz CT molecular complexity index is 1660. The van der Waals surface area contributed by atoms with E-state index in [2.05, 4.69) is 5.32 Å². The molecule has 4 aromatic rings. The molecular weight excluding hydrogens is 598 g/mol. The molecule has 0 bridgehead atoms. The van der Waals surface area contributed by atoms with Gasteiger partial charge < -0.3 is 15.0 Å². The Labute approximate surface area is 264 Å². The maximum absolute atomic E-state index is 14.4. The molecule has 0 aliphatic carbocycles. The summed E-state index contributed by atoms with van der Waals surface area (Å²) in [5, 5.41) is 3.21. The SMILES string of the molecule is CCOc1ccccc1N(CC(=O)N(Cc1ccc(Cl)cc1)[C@H](Cc1ccccc1)C(=O)NC)S(=O)(=O)c1ccc(C)cc1. The minimum atomic E-state index is -4.24. The number of anilines is 1. The lowest BCUT2D eigenvalue weighted by molar-refractivity contribution is -0.139. The van der Waals surface area contributed by atoms with Gasteiger partial charge in [-0.25, -0.2) is 8.42 Å². The van der Waals surface area contributed by atoms with Crippen LogP contribution in [0.1, 0.15) is 23.6 Å². The lowest BCUT2D eigenvalue weighted by Crippen LogP contribution is -2.53. The number of nitrogens with one attached hydrogen (secondary N) is 1. The van der Waals surface area contributed by atoms with Crippen molar-refractivity contribution in [2.45, 2.75) is 37.8 Å². The van der Waals surface area contributed by atoms with Gasteiger partial charge in [0.15, 0.2) is 0 Å². The highest BCUT2D eigenvalue weighted by atomic mass is 35.5. The van der Waals surface area contributed by atoms with E-state index in [1.807, 2.05) is 37.3 Å². The first-order valence-corrected chi connectivity index (χ1v) is 16.1. The molecule has 0 radical (unpaired) electrons. The number of benzene rings is 4. The molecule has 4 aromatic carbocycles. The summed E-state index contributed by atoms with van der Waals surface area (Å²) < 4.78 is 35.3. The van der Waals surface area contributed by atoms with Gasteiger partial charge in [-0.1, -0.05) is 83.9 Å². The molecule has 10 heteroatoms. The summed E-state index contributed by atoms with van der Waals surface area (Å²) in [6.45, 7) is 3.43. The Morgan fingerprint density at radius 2 is 1.50 bits per heavy atom. The quantitative estimate of drug-likeness (QED) is 0.206. The number of carbonyl (C=O) groups is 2. The number of rotatable bonds is 13. The number of hydrogen-bond acceptors (Lipinski definition) is 5. The predicted molar refractivity (Wildman–Crippen MR) is 173 cm³/mol. The molecule has 230 valence electrons. The van der Waals surface area contributed by atoms with Crippen molar-refractivity contribution in [1.29, 1.82) is 0 Å². The molecule has 4 rings (SSSR count). The molecule has 0 aliphatic heterocycles. The first-order chi connectivity index (χ1) is 21.1. The minimum Gasteiger partial charge on any atom is -0.492 e. The van der Waals surface area contributed by atoms with Crippen molar-refractivity contribution < 1.29 is 22.7 Å². The van der Waals surface area contributed by atoms with Crippen LogP contribution in [-0.2, 0) is 32.6 Å². The number of likely N-dealkylation sites (N-methyl/N-ethyl adjacent to an activating group) is 1. The van der Waals surface area contributed by atoms with Crippen LogP contribution in [0, 0.1) is 6.92 Å². The molecular formula is C34H36ClN3O5S. The van der Waals surface area contributed by atoms with Crippen molar-refractivity contribution in [3.8, 4) is 5.75 Å². The van der Waals surface area contributed by atoms with Gasteiger partial charge in [-0.05, 0) is 61.4 Å². The first-order valence-electron chi connectivity index (χ1n) is 14.2. The number of carbonyl (C=O) groups excluding carboxylic acids is 2. The van der Waals surface area contributed by atoms with Gasteiger partial charge in [0.1, 0.15) is 18.3 Å². The van der Waals surface area contributed by atoms with Gasteiger partial charge in [0.2, 0.25) is 11.8 Å². The van der Waals surface area contributed by atoms with Crippen LogP contribution in [0.5, 0.6) is 5.75 Å². The second-order valence-electron chi connectivity index (χ2n) is 10.2. The zero-order valence-electron chi connectivity index (χ0n) is 24.9. The molecule has 0 spiro atoms. The first kappa shape index (κ1) is 32.6. The molecule has 1 atom stereocenters. The van der Waals surface area contributed by atoms with Crippen molar-refractivity contribution in [1.82, 2.24) is 10.2 Å². The summed E-state index contributed by atoms with van der Waals surface area (Å²) >= 11 is 6.12. The van der Waals surface area contributed by atoms with Gasteiger partial charge in [-0.2, -0.15) is 0 Å². The second kappa shape index (κ2) is 14.9. The Kier molecular flexibility index (Phi) is 11.0. The Morgan fingerprint density at radius 3 is 2.14 bits per heavy atom. The van der Waals surface area contributed by atoms with E-state index in [4.69, 9.17) is 16.3 Å². The molecule has 0 unspecified atom stereocenters.